The van der Waals surface area contributed by atoms with Crippen LogP contribution in [0.5, 0.6) is 0 Å². The van der Waals surface area contributed by atoms with Crippen LogP contribution in [0.3, 0.4) is 0 Å². The number of anilines is 1. The Labute approximate surface area is 116 Å². The molecule has 1 saturated heterocycles. The van der Waals surface area contributed by atoms with E-state index >= 15 is 0 Å². The summed E-state index contributed by atoms with van der Waals surface area (Å²) >= 11 is 1.39. The highest BCUT2D eigenvalue weighted by atomic mass is 32.1. The molecule has 1 aliphatic heterocycles. The third kappa shape index (κ3) is 2.79. The molecule has 0 bridgehead atoms. The first kappa shape index (κ1) is 14.0. The number of nitrogens with two attached hydrogens (primary N) is 1. The molecule has 19 heavy (non-hydrogen) atoms. The second-order valence-electron chi connectivity index (χ2n) is 4.55. The first-order valence-corrected chi connectivity index (χ1v) is 7.20. The fourth-order valence-corrected chi connectivity index (χ4v) is 3.48. The summed E-state index contributed by atoms with van der Waals surface area (Å²) in [5.74, 6) is -0.687. The van der Waals surface area contributed by atoms with Gasteiger partial charge in [0, 0.05) is 11.5 Å². The minimum atomic E-state index is -0.496. The Morgan fingerprint density at radius 3 is 2.79 bits per heavy atom. The van der Waals surface area contributed by atoms with Gasteiger partial charge in [-0.05, 0) is 31.7 Å². The molecule has 2 heterocycles. The molecule has 1 aromatic heterocycles. The van der Waals surface area contributed by atoms with Gasteiger partial charge in [0.15, 0.2) is 0 Å². The van der Waals surface area contributed by atoms with E-state index in [1.165, 1.54) is 11.3 Å². The van der Waals surface area contributed by atoms with Gasteiger partial charge in [-0.1, -0.05) is 6.92 Å². The lowest BCUT2D eigenvalue weighted by molar-refractivity contribution is -0.124. The van der Waals surface area contributed by atoms with Crippen LogP contribution in [-0.4, -0.2) is 24.5 Å². The van der Waals surface area contributed by atoms with Gasteiger partial charge < -0.3 is 15.8 Å². The normalized spacial score (nSPS) is 18.5. The summed E-state index contributed by atoms with van der Waals surface area (Å²) in [4.78, 5) is 24.6. The Morgan fingerprint density at radius 1 is 1.53 bits per heavy atom. The summed E-state index contributed by atoms with van der Waals surface area (Å²) < 4.78 is 5.33. The van der Waals surface area contributed by atoms with Crippen LogP contribution in [-0.2, 0) is 16.0 Å². The van der Waals surface area contributed by atoms with Crippen molar-refractivity contribution in [3.05, 3.63) is 16.0 Å². The van der Waals surface area contributed by atoms with Gasteiger partial charge in [0.05, 0.1) is 5.56 Å². The van der Waals surface area contributed by atoms with Crippen molar-refractivity contribution in [2.45, 2.75) is 39.2 Å². The van der Waals surface area contributed by atoms with E-state index < -0.39 is 12.0 Å². The molecule has 0 aromatic carbocycles. The molecule has 0 saturated carbocycles. The minimum Gasteiger partial charge on any atom is -0.368 e. The van der Waals surface area contributed by atoms with E-state index in [2.05, 4.69) is 5.32 Å². The van der Waals surface area contributed by atoms with Crippen LogP contribution >= 0.6 is 11.3 Å². The monoisotopic (exact) mass is 282 g/mol. The quantitative estimate of drug-likeness (QED) is 0.884. The number of carbonyl (C=O) groups excluding carboxylic acids is 2. The number of rotatable bonds is 4. The fourth-order valence-electron chi connectivity index (χ4n) is 2.33. The van der Waals surface area contributed by atoms with Crippen LogP contribution < -0.4 is 11.1 Å². The lowest BCUT2D eigenvalue weighted by atomic mass is 10.1. The first-order valence-electron chi connectivity index (χ1n) is 6.39. The molecule has 2 amide bonds. The smallest absolute Gasteiger partial charge is 0.254 e. The summed E-state index contributed by atoms with van der Waals surface area (Å²) in [7, 11) is 0. The molecule has 1 atom stereocenters. The zero-order valence-electron chi connectivity index (χ0n) is 11.1. The van der Waals surface area contributed by atoms with Crippen molar-refractivity contribution < 1.29 is 14.3 Å². The van der Waals surface area contributed by atoms with Crippen LogP contribution in [0.15, 0.2) is 0 Å². The van der Waals surface area contributed by atoms with Gasteiger partial charge >= 0.3 is 0 Å². The Balaban J connectivity index is 2.24. The largest absolute Gasteiger partial charge is 0.368 e. The third-order valence-corrected chi connectivity index (χ3v) is 4.33. The number of amides is 2. The Hall–Kier alpha value is -1.40. The topological polar surface area (TPSA) is 81.4 Å². The van der Waals surface area contributed by atoms with Crippen LogP contribution in [0.1, 0.15) is 40.6 Å². The van der Waals surface area contributed by atoms with Crippen molar-refractivity contribution in [3.63, 3.8) is 0 Å². The fraction of sp³-hybridized carbons (Fsp3) is 0.538. The zero-order chi connectivity index (χ0) is 14.0. The number of nitrogens with one attached hydrogen (secondary N) is 1. The van der Waals surface area contributed by atoms with Crippen molar-refractivity contribution in [1.82, 2.24) is 0 Å². The molecule has 104 valence electrons. The van der Waals surface area contributed by atoms with Crippen LogP contribution in [0.2, 0.25) is 0 Å². The molecule has 1 aliphatic rings. The van der Waals surface area contributed by atoms with E-state index in [4.69, 9.17) is 10.5 Å². The van der Waals surface area contributed by atoms with E-state index in [-0.39, 0.29) is 5.91 Å². The van der Waals surface area contributed by atoms with Crippen molar-refractivity contribution in [3.8, 4) is 0 Å². The Morgan fingerprint density at radius 2 is 2.26 bits per heavy atom. The molecule has 3 N–H and O–H groups in total. The van der Waals surface area contributed by atoms with E-state index in [9.17, 15) is 9.59 Å². The molecule has 2 rings (SSSR count). The molecular formula is C13H18N2O3S. The average molecular weight is 282 g/mol. The predicted molar refractivity (Wildman–Crippen MR) is 74.6 cm³/mol. The van der Waals surface area contributed by atoms with Crippen LogP contribution in [0, 0.1) is 6.92 Å². The maximum atomic E-state index is 12.0. The maximum absolute atomic E-state index is 12.0. The zero-order valence-corrected chi connectivity index (χ0v) is 11.9. The molecular weight excluding hydrogens is 264 g/mol. The highest BCUT2D eigenvalue weighted by Crippen LogP contribution is 2.33. The average Bonchev–Trinajstić information content (AvgIpc) is 2.96. The number of primary amides is 1. The molecule has 6 heteroatoms. The highest BCUT2D eigenvalue weighted by molar-refractivity contribution is 7.16. The molecule has 1 aromatic rings. The minimum absolute atomic E-state index is 0.191. The lowest BCUT2D eigenvalue weighted by Gasteiger charge is -2.10. The van der Waals surface area contributed by atoms with E-state index in [1.54, 1.807) is 0 Å². The number of carbonyl (C=O) groups is 2. The third-order valence-electron chi connectivity index (χ3n) is 3.27. The number of ether oxygens (including phenoxy) is 1. The molecule has 0 aliphatic carbocycles. The van der Waals surface area contributed by atoms with Gasteiger partial charge in [0.1, 0.15) is 11.1 Å². The van der Waals surface area contributed by atoms with Crippen molar-refractivity contribution in [1.29, 1.82) is 0 Å². The first-order chi connectivity index (χ1) is 9.04. The number of hydrogen-bond donors (Lipinski definition) is 2. The summed E-state index contributed by atoms with van der Waals surface area (Å²) in [6.45, 7) is 4.51. The van der Waals surface area contributed by atoms with E-state index in [0.29, 0.717) is 17.2 Å². The molecule has 0 spiro atoms. The van der Waals surface area contributed by atoms with Gasteiger partial charge in [-0.2, -0.15) is 0 Å². The maximum Gasteiger partial charge on any atom is 0.254 e. The van der Waals surface area contributed by atoms with E-state index in [1.807, 2.05) is 13.8 Å². The van der Waals surface area contributed by atoms with Gasteiger partial charge in [0.25, 0.3) is 11.8 Å². The second-order valence-corrected chi connectivity index (χ2v) is 5.77. The van der Waals surface area contributed by atoms with Gasteiger partial charge in [-0.3, -0.25) is 9.59 Å². The standard InChI is InChI=1S/C13H18N2O3S/c1-3-8-7(2)19-13(10(8)11(14)16)15-12(17)9-5-4-6-18-9/h9H,3-6H2,1-2H3,(H2,14,16)(H,15,17)/t9-/m1/s1. The lowest BCUT2D eigenvalue weighted by Crippen LogP contribution is -2.27. The Kier molecular flexibility index (Phi) is 4.21. The van der Waals surface area contributed by atoms with Gasteiger partial charge in [0.2, 0.25) is 0 Å². The number of thiophene rings is 1. The van der Waals surface area contributed by atoms with E-state index in [0.717, 1.165) is 29.7 Å². The van der Waals surface area contributed by atoms with Gasteiger partial charge in [-0.25, -0.2) is 0 Å². The number of aryl methyl sites for hydroxylation is 1. The molecule has 0 unspecified atom stereocenters. The van der Waals surface area contributed by atoms with Gasteiger partial charge in [-0.15, -0.1) is 11.3 Å². The molecule has 1 fully saturated rings. The number of hydrogen-bond acceptors (Lipinski definition) is 4. The van der Waals surface area contributed by atoms with Crippen molar-refractivity contribution >= 4 is 28.2 Å². The summed E-state index contributed by atoms with van der Waals surface area (Å²) in [5, 5.41) is 3.33. The summed E-state index contributed by atoms with van der Waals surface area (Å²) in [6, 6.07) is 0. The second kappa shape index (κ2) is 5.71. The predicted octanol–water partition coefficient (Wildman–Crippen LogP) is 1.84. The molecule has 0 radical (unpaired) electrons. The summed E-state index contributed by atoms with van der Waals surface area (Å²) in [5.41, 5.74) is 6.78. The summed E-state index contributed by atoms with van der Waals surface area (Å²) in [6.07, 6.45) is 1.93. The van der Waals surface area contributed by atoms with Crippen molar-refractivity contribution in [2.75, 3.05) is 11.9 Å². The van der Waals surface area contributed by atoms with Crippen molar-refractivity contribution in [2.24, 2.45) is 5.73 Å². The van der Waals surface area contributed by atoms with Crippen LogP contribution in [0.4, 0.5) is 5.00 Å². The highest BCUT2D eigenvalue weighted by Gasteiger charge is 2.26. The van der Waals surface area contributed by atoms with Crippen LogP contribution in [0.25, 0.3) is 0 Å². The SMILES string of the molecule is CCc1c(C)sc(NC(=O)[C@H]2CCCO2)c1C(N)=O. The Bertz CT molecular complexity index is 504. The molecule has 5 nitrogen and oxygen atoms in total.